The average molecular weight is 319 g/mol. The Hall–Kier alpha value is -2.11. The summed E-state index contributed by atoms with van der Waals surface area (Å²) < 4.78 is 5.15. The molecule has 0 atom stereocenters. The Labute approximate surface area is 130 Å². The van der Waals surface area contributed by atoms with Crippen LogP contribution in [0.5, 0.6) is 0 Å². The molecule has 3 aromatic rings. The number of carbonyl (C=O) groups is 1. The number of rotatable bonds is 3. The van der Waals surface area contributed by atoms with Crippen LogP contribution in [0, 0.1) is 6.92 Å². The summed E-state index contributed by atoms with van der Waals surface area (Å²) in [6.07, 6.45) is 1.49. The quantitative estimate of drug-likeness (QED) is 0.766. The number of carbonyl (C=O) groups excluding carboxylic acids is 1. The van der Waals surface area contributed by atoms with Crippen molar-refractivity contribution in [3.05, 3.63) is 58.3 Å². The Morgan fingerprint density at radius 3 is 2.86 bits per heavy atom. The highest BCUT2D eigenvalue weighted by Gasteiger charge is 2.15. The monoisotopic (exact) mass is 318 g/mol. The van der Waals surface area contributed by atoms with Crippen molar-refractivity contribution in [2.75, 3.05) is 5.32 Å². The molecule has 3 rings (SSSR count). The topological polar surface area (TPSA) is 55.1 Å². The molecule has 6 heteroatoms. The first-order valence-corrected chi connectivity index (χ1v) is 7.47. The number of nitrogens with one attached hydrogen (secondary N) is 1. The number of anilines is 1. The zero-order valence-electron chi connectivity index (χ0n) is 11.1. The SMILES string of the molecule is Cc1ccoc1C(=O)Nc1nc(-c2ccccc2Cl)cs1. The van der Waals surface area contributed by atoms with E-state index in [1.807, 2.05) is 30.5 Å². The minimum atomic E-state index is -0.308. The molecule has 0 saturated carbocycles. The summed E-state index contributed by atoms with van der Waals surface area (Å²) in [4.78, 5) is 16.4. The molecule has 1 amide bonds. The number of furan rings is 1. The van der Waals surface area contributed by atoms with Gasteiger partial charge < -0.3 is 4.42 Å². The molecular formula is C15H11ClN2O2S. The van der Waals surface area contributed by atoms with Crippen molar-refractivity contribution in [2.24, 2.45) is 0 Å². The van der Waals surface area contributed by atoms with Gasteiger partial charge in [0.2, 0.25) is 0 Å². The van der Waals surface area contributed by atoms with E-state index in [-0.39, 0.29) is 5.91 Å². The lowest BCUT2D eigenvalue weighted by Crippen LogP contribution is -2.11. The summed E-state index contributed by atoms with van der Waals surface area (Å²) in [5.74, 6) is -0.0120. The minimum absolute atomic E-state index is 0.296. The van der Waals surface area contributed by atoms with Gasteiger partial charge in [-0.05, 0) is 19.1 Å². The van der Waals surface area contributed by atoms with Crippen LogP contribution in [-0.4, -0.2) is 10.9 Å². The fourth-order valence-corrected chi connectivity index (χ4v) is 2.82. The highest BCUT2D eigenvalue weighted by Crippen LogP contribution is 2.30. The zero-order valence-corrected chi connectivity index (χ0v) is 12.7. The summed E-state index contributed by atoms with van der Waals surface area (Å²) in [6, 6.07) is 9.19. The molecule has 0 spiro atoms. The van der Waals surface area contributed by atoms with Gasteiger partial charge in [-0.2, -0.15) is 0 Å². The molecule has 0 aliphatic heterocycles. The predicted octanol–water partition coefficient (Wildman–Crippen LogP) is 4.62. The number of thiazole rings is 1. The second kappa shape index (κ2) is 5.71. The van der Waals surface area contributed by atoms with Crippen molar-refractivity contribution >= 4 is 34.0 Å². The van der Waals surface area contributed by atoms with E-state index in [0.717, 1.165) is 16.8 Å². The number of aryl methyl sites for hydroxylation is 1. The van der Waals surface area contributed by atoms with Gasteiger partial charge in [-0.1, -0.05) is 29.8 Å². The molecule has 0 saturated heterocycles. The van der Waals surface area contributed by atoms with E-state index < -0.39 is 0 Å². The van der Waals surface area contributed by atoms with Crippen LogP contribution in [-0.2, 0) is 0 Å². The molecule has 0 aliphatic rings. The van der Waals surface area contributed by atoms with E-state index in [1.165, 1.54) is 17.6 Å². The predicted molar refractivity (Wildman–Crippen MR) is 84.0 cm³/mol. The van der Waals surface area contributed by atoms with Gasteiger partial charge in [-0.25, -0.2) is 4.98 Å². The Balaban J connectivity index is 1.82. The van der Waals surface area contributed by atoms with Gasteiger partial charge >= 0.3 is 0 Å². The molecule has 0 aliphatic carbocycles. The summed E-state index contributed by atoms with van der Waals surface area (Å²) in [5, 5.41) is 5.71. The third-order valence-corrected chi connectivity index (χ3v) is 4.03. The lowest BCUT2D eigenvalue weighted by atomic mass is 10.2. The molecular weight excluding hydrogens is 308 g/mol. The first-order chi connectivity index (χ1) is 10.1. The van der Waals surface area contributed by atoms with Crippen LogP contribution in [0.1, 0.15) is 16.1 Å². The molecule has 0 fully saturated rings. The second-order valence-electron chi connectivity index (χ2n) is 4.40. The normalized spacial score (nSPS) is 10.6. The smallest absolute Gasteiger partial charge is 0.293 e. The van der Waals surface area contributed by atoms with E-state index in [1.54, 1.807) is 12.1 Å². The zero-order chi connectivity index (χ0) is 14.8. The largest absolute Gasteiger partial charge is 0.459 e. The molecule has 106 valence electrons. The molecule has 2 heterocycles. The molecule has 4 nitrogen and oxygen atoms in total. The van der Waals surface area contributed by atoms with Gasteiger partial charge in [0.15, 0.2) is 10.9 Å². The minimum Gasteiger partial charge on any atom is -0.459 e. The highest BCUT2D eigenvalue weighted by molar-refractivity contribution is 7.14. The van der Waals surface area contributed by atoms with Gasteiger partial charge in [0.05, 0.1) is 12.0 Å². The number of hydrogen-bond acceptors (Lipinski definition) is 4. The van der Waals surface area contributed by atoms with Crippen LogP contribution in [0.4, 0.5) is 5.13 Å². The van der Waals surface area contributed by atoms with Crippen molar-refractivity contribution < 1.29 is 9.21 Å². The van der Waals surface area contributed by atoms with E-state index >= 15 is 0 Å². The third kappa shape index (κ3) is 2.84. The van der Waals surface area contributed by atoms with Gasteiger partial charge in [-0.15, -0.1) is 11.3 Å². The fraction of sp³-hybridized carbons (Fsp3) is 0.0667. The number of halogens is 1. The Morgan fingerprint density at radius 2 is 2.14 bits per heavy atom. The van der Waals surface area contributed by atoms with Gasteiger partial charge in [-0.3, -0.25) is 10.1 Å². The standard InChI is InChI=1S/C15H11ClN2O2S/c1-9-6-7-20-13(9)14(19)18-15-17-12(8-21-15)10-4-2-3-5-11(10)16/h2-8H,1H3,(H,17,18,19). The Bertz CT molecular complexity index is 794. The van der Waals surface area contributed by atoms with Crippen LogP contribution >= 0.6 is 22.9 Å². The van der Waals surface area contributed by atoms with Crippen LogP contribution in [0.2, 0.25) is 5.02 Å². The number of nitrogens with zero attached hydrogens (tertiary/aromatic N) is 1. The average Bonchev–Trinajstić information content (AvgIpc) is 3.08. The highest BCUT2D eigenvalue weighted by atomic mass is 35.5. The van der Waals surface area contributed by atoms with Crippen LogP contribution in [0.3, 0.4) is 0 Å². The van der Waals surface area contributed by atoms with Gasteiger partial charge in [0, 0.05) is 21.5 Å². The van der Waals surface area contributed by atoms with Crippen molar-refractivity contribution in [1.82, 2.24) is 4.98 Å². The number of aromatic nitrogens is 1. The lowest BCUT2D eigenvalue weighted by molar-refractivity contribution is 0.0996. The summed E-state index contributed by atoms with van der Waals surface area (Å²) in [5.41, 5.74) is 2.36. The lowest BCUT2D eigenvalue weighted by Gasteiger charge is -2.00. The van der Waals surface area contributed by atoms with E-state index in [9.17, 15) is 4.79 Å². The molecule has 0 unspecified atom stereocenters. The molecule has 0 bridgehead atoms. The summed E-state index contributed by atoms with van der Waals surface area (Å²) >= 11 is 7.48. The van der Waals surface area contributed by atoms with Crippen LogP contribution in [0.25, 0.3) is 11.3 Å². The molecule has 2 aromatic heterocycles. The Kier molecular flexibility index (Phi) is 3.77. The number of hydrogen-bond donors (Lipinski definition) is 1. The third-order valence-electron chi connectivity index (χ3n) is 2.94. The molecule has 21 heavy (non-hydrogen) atoms. The first kappa shape index (κ1) is 13.9. The van der Waals surface area contributed by atoms with Crippen molar-refractivity contribution in [1.29, 1.82) is 0 Å². The fourth-order valence-electron chi connectivity index (χ4n) is 1.88. The maximum Gasteiger partial charge on any atom is 0.293 e. The van der Waals surface area contributed by atoms with E-state index in [0.29, 0.717) is 15.9 Å². The second-order valence-corrected chi connectivity index (χ2v) is 5.67. The van der Waals surface area contributed by atoms with E-state index in [4.69, 9.17) is 16.0 Å². The maximum atomic E-state index is 12.0. The molecule has 1 N–H and O–H groups in total. The summed E-state index contributed by atoms with van der Waals surface area (Å²) in [6.45, 7) is 1.81. The maximum absolute atomic E-state index is 12.0. The van der Waals surface area contributed by atoms with E-state index in [2.05, 4.69) is 10.3 Å². The van der Waals surface area contributed by atoms with Gasteiger partial charge in [0.25, 0.3) is 5.91 Å². The van der Waals surface area contributed by atoms with Crippen LogP contribution < -0.4 is 5.32 Å². The number of amides is 1. The number of benzene rings is 1. The molecule has 0 radical (unpaired) electrons. The molecule has 1 aromatic carbocycles. The summed E-state index contributed by atoms with van der Waals surface area (Å²) in [7, 11) is 0. The van der Waals surface area contributed by atoms with Gasteiger partial charge in [0.1, 0.15) is 0 Å². The van der Waals surface area contributed by atoms with Crippen LogP contribution in [0.15, 0.2) is 46.4 Å². The van der Waals surface area contributed by atoms with Crippen molar-refractivity contribution in [3.63, 3.8) is 0 Å². The Morgan fingerprint density at radius 1 is 1.33 bits per heavy atom. The van der Waals surface area contributed by atoms with Crippen molar-refractivity contribution in [3.8, 4) is 11.3 Å². The first-order valence-electron chi connectivity index (χ1n) is 6.21. The van der Waals surface area contributed by atoms with Crippen molar-refractivity contribution in [2.45, 2.75) is 6.92 Å².